The SMILES string of the molecule is Nc1nccn1Cc1ccc2c(c1)Nc1nccnc1S2. The summed E-state index contributed by atoms with van der Waals surface area (Å²) in [7, 11) is 0. The van der Waals surface area contributed by atoms with Crippen LogP contribution in [0.4, 0.5) is 17.5 Å². The van der Waals surface area contributed by atoms with Gasteiger partial charge in [0.25, 0.3) is 0 Å². The zero-order valence-corrected chi connectivity index (χ0v) is 11.8. The van der Waals surface area contributed by atoms with Crippen LogP contribution in [0, 0.1) is 0 Å². The minimum absolute atomic E-state index is 0.520. The fourth-order valence-corrected chi connectivity index (χ4v) is 3.13. The summed E-state index contributed by atoms with van der Waals surface area (Å²) in [5, 5.41) is 4.22. The number of rotatable bonds is 2. The van der Waals surface area contributed by atoms with Gasteiger partial charge in [0.1, 0.15) is 5.03 Å². The summed E-state index contributed by atoms with van der Waals surface area (Å²) >= 11 is 1.62. The molecule has 1 aliphatic heterocycles. The smallest absolute Gasteiger partial charge is 0.200 e. The highest BCUT2D eigenvalue weighted by Gasteiger charge is 2.17. The van der Waals surface area contributed by atoms with Gasteiger partial charge in [0.2, 0.25) is 0 Å². The van der Waals surface area contributed by atoms with Gasteiger partial charge in [-0.3, -0.25) is 0 Å². The number of aromatic nitrogens is 4. The minimum Gasteiger partial charge on any atom is -0.369 e. The van der Waals surface area contributed by atoms with Gasteiger partial charge in [0, 0.05) is 29.7 Å². The third-order valence-electron chi connectivity index (χ3n) is 3.27. The third-order valence-corrected chi connectivity index (χ3v) is 4.34. The monoisotopic (exact) mass is 296 g/mol. The number of nitrogens with zero attached hydrogens (tertiary/aromatic N) is 4. The van der Waals surface area contributed by atoms with Crippen molar-refractivity contribution in [1.82, 2.24) is 19.5 Å². The van der Waals surface area contributed by atoms with Crippen molar-refractivity contribution in [2.45, 2.75) is 16.5 Å². The van der Waals surface area contributed by atoms with Gasteiger partial charge >= 0.3 is 0 Å². The lowest BCUT2D eigenvalue weighted by Crippen LogP contribution is -2.06. The van der Waals surface area contributed by atoms with E-state index < -0.39 is 0 Å². The first-order valence-electron chi connectivity index (χ1n) is 6.45. The van der Waals surface area contributed by atoms with Crippen LogP contribution in [0.15, 0.2) is 52.9 Å². The van der Waals surface area contributed by atoms with Gasteiger partial charge in [-0.15, -0.1) is 0 Å². The zero-order chi connectivity index (χ0) is 14.2. The van der Waals surface area contributed by atoms with Crippen LogP contribution in [0.5, 0.6) is 0 Å². The molecule has 0 fully saturated rings. The van der Waals surface area contributed by atoms with Crippen LogP contribution >= 0.6 is 11.8 Å². The van der Waals surface area contributed by atoms with Gasteiger partial charge in [0.05, 0.1) is 12.2 Å². The van der Waals surface area contributed by atoms with Crippen molar-refractivity contribution in [3.05, 3.63) is 48.5 Å². The molecule has 0 atom stereocenters. The molecule has 0 unspecified atom stereocenters. The molecule has 104 valence electrons. The Hall–Kier alpha value is -2.54. The van der Waals surface area contributed by atoms with Crippen molar-refractivity contribution in [1.29, 1.82) is 0 Å². The molecular weight excluding hydrogens is 284 g/mol. The molecule has 4 rings (SSSR count). The second-order valence-corrected chi connectivity index (χ2v) is 5.71. The molecule has 3 aromatic rings. The van der Waals surface area contributed by atoms with Crippen LogP contribution in [-0.4, -0.2) is 19.5 Å². The number of fused-ring (bicyclic) bond motifs is 2. The maximum absolute atomic E-state index is 5.80. The molecule has 21 heavy (non-hydrogen) atoms. The maximum Gasteiger partial charge on any atom is 0.200 e. The number of hydrogen-bond acceptors (Lipinski definition) is 6. The highest BCUT2D eigenvalue weighted by atomic mass is 32.2. The molecule has 0 aliphatic carbocycles. The second kappa shape index (κ2) is 4.78. The summed E-state index contributed by atoms with van der Waals surface area (Å²) < 4.78 is 1.91. The van der Waals surface area contributed by atoms with Gasteiger partial charge < -0.3 is 15.6 Å². The van der Waals surface area contributed by atoms with E-state index in [9.17, 15) is 0 Å². The third kappa shape index (κ3) is 2.21. The van der Waals surface area contributed by atoms with E-state index in [1.54, 1.807) is 30.4 Å². The topological polar surface area (TPSA) is 81.6 Å². The average Bonchev–Trinajstić information content (AvgIpc) is 2.90. The van der Waals surface area contributed by atoms with E-state index in [1.807, 2.05) is 10.8 Å². The molecule has 1 aliphatic rings. The Balaban J connectivity index is 1.65. The van der Waals surface area contributed by atoms with Crippen molar-refractivity contribution in [2.24, 2.45) is 0 Å². The molecule has 0 bridgehead atoms. The van der Waals surface area contributed by atoms with E-state index in [4.69, 9.17) is 5.73 Å². The van der Waals surface area contributed by atoms with E-state index in [2.05, 4.69) is 38.5 Å². The Kier molecular flexibility index (Phi) is 2.78. The van der Waals surface area contributed by atoms with Crippen molar-refractivity contribution in [2.75, 3.05) is 11.1 Å². The number of nitrogens with one attached hydrogen (secondary N) is 1. The van der Waals surface area contributed by atoms with Crippen molar-refractivity contribution >= 4 is 29.2 Å². The second-order valence-electron chi connectivity index (χ2n) is 4.68. The fraction of sp³-hybridized carbons (Fsp3) is 0.0714. The zero-order valence-electron chi connectivity index (χ0n) is 11.0. The number of anilines is 3. The quantitative estimate of drug-likeness (QED) is 0.591. The molecule has 0 spiro atoms. The van der Waals surface area contributed by atoms with E-state index in [1.165, 1.54) is 0 Å². The Labute approximate surface area is 125 Å². The first-order chi connectivity index (χ1) is 10.3. The standard InChI is InChI=1S/C14H12N6S/c15-14-18-5-6-20(14)8-9-1-2-11-10(7-9)19-12-13(21-11)17-4-3-16-12/h1-7H,8H2,(H2,15,18)(H,16,19). The summed E-state index contributed by atoms with van der Waals surface area (Å²) in [5.41, 5.74) is 8.00. The van der Waals surface area contributed by atoms with Gasteiger partial charge in [-0.05, 0) is 17.7 Å². The van der Waals surface area contributed by atoms with Crippen molar-refractivity contribution < 1.29 is 0 Å². The molecule has 7 heteroatoms. The molecule has 0 radical (unpaired) electrons. The Morgan fingerprint density at radius 2 is 2.05 bits per heavy atom. The van der Waals surface area contributed by atoms with Crippen molar-refractivity contribution in [3.63, 3.8) is 0 Å². The van der Waals surface area contributed by atoms with Gasteiger partial charge in [0.15, 0.2) is 11.8 Å². The Bertz CT molecular complexity index is 813. The largest absolute Gasteiger partial charge is 0.369 e. The van der Waals surface area contributed by atoms with Gasteiger partial charge in [-0.25, -0.2) is 15.0 Å². The summed E-state index contributed by atoms with van der Waals surface area (Å²) in [6, 6.07) is 6.29. The minimum atomic E-state index is 0.520. The highest BCUT2D eigenvalue weighted by molar-refractivity contribution is 7.99. The molecule has 3 N–H and O–H groups in total. The average molecular weight is 296 g/mol. The van der Waals surface area contributed by atoms with E-state index in [-0.39, 0.29) is 0 Å². The first-order valence-corrected chi connectivity index (χ1v) is 7.27. The van der Waals surface area contributed by atoms with Gasteiger partial charge in [-0.2, -0.15) is 0 Å². The molecule has 6 nitrogen and oxygen atoms in total. The molecule has 0 saturated heterocycles. The lowest BCUT2D eigenvalue weighted by Gasteiger charge is -2.19. The number of nitrogen functional groups attached to an aromatic ring is 1. The molecule has 1 aromatic carbocycles. The maximum atomic E-state index is 5.80. The summed E-state index contributed by atoms with van der Waals surface area (Å²) in [5.74, 6) is 1.32. The van der Waals surface area contributed by atoms with Crippen LogP contribution in [0.2, 0.25) is 0 Å². The highest BCUT2D eigenvalue weighted by Crippen LogP contribution is 2.42. The summed E-state index contributed by atoms with van der Waals surface area (Å²) in [6.07, 6.45) is 6.97. The van der Waals surface area contributed by atoms with Crippen LogP contribution in [0.1, 0.15) is 5.56 Å². The van der Waals surface area contributed by atoms with Crippen LogP contribution in [0.25, 0.3) is 0 Å². The lowest BCUT2D eigenvalue weighted by molar-refractivity contribution is 0.810. The first kappa shape index (κ1) is 12.2. The van der Waals surface area contributed by atoms with Crippen LogP contribution < -0.4 is 11.1 Å². The van der Waals surface area contributed by atoms with Crippen LogP contribution in [0.3, 0.4) is 0 Å². The lowest BCUT2D eigenvalue weighted by atomic mass is 10.2. The fourth-order valence-electron chi connectivity index (χ4n) is 2.25. The van der Waals surface area contributed by atoms with Crippen LogP contribution in [-0.2, 0) is 6.54 Å². The predicted molar refractivity (Wildman–Crippen MR) is 81.6 cm³/mol. The molecule has 3 heterocycles. The number of hydrogen-bond donors (Lipinski definition) is 2. The van der Waals surface area contributed by atoms with E-state index in [0.29, 0.717) is 12.5 Å². The van der Waals surface area contributed by atoms with Crippen molar-refractivity contribution in [3.8, 4) is 0 Å². The van der Waals surface area contributed by atoms with E-state index in [0.717, 1.165) is 27.0 Å². The van der Waals surface area contributed by atoms with E-state index >= 15 is 0 Å². The number of imidazole rings is 1. The molecule has 0 saturated carbocycles. The molecular formula is C14H12N6S. The normalized spacial score (nSPS) is 12.4. The molecule has 0 amide bonds. The van der Waals surface area contributed by atoms with Gasteiger partial charge in [-0.1, -0.05) is 17.8 Å². The number of nitrogens with two attached hydrogens (primary N) is 1. The Morgan fingerprint density at radius 3 is 2.90 bits per heavy atom. The predicted octanol–water partition coefficient (Wildman–Crippen LogP) is 2.51. The summed E-state index contributed by atoms with van der Waals surface area (Å²) in [4.78, 5) is 13.8. The number of benzene rings is 1. The molecule has 2 aromatic heterocycles. The Morgan fingerprint density at radius 1 is 1.14 bits per heavy atom. The summed E-state index contributed by atoms with van der Waals surface area (Å²) in [6.45, 7) is 0.693.